The topological polar surface area (TPSA) is 58.2 Å². The Hall–Kier alpha value is -1.20. The number of thiophene rings is 1. The standard InChI is InChI=1S/C11H14N2O2S/c1-7(8-4-5-16-6-8)12-9-2-3-10(14)13-11(9)15/h4-7,9,12H,2-3H2,1H3,(H,13,14,15). The zero-order valence-electron chi connectivity index (χ0n) is 9.03. The van der Waals surface area contributed by atoms with Crippen LogP contribution in [-0.2, 0) is 9.59 Å². The van der Waals surface area contributed by atoms with Gasteiger partial charge in [-0.25, -0.2) is 0 Å². The summed E-state index contributed by atoms with van der Waals surface area (Å²) in [5.74, 6) is -0.385. The monoisotopic (exact) mass is 238 g/mol. The van der Waals surface area contributed by atoms with Crippen molar-refractivity contribution < 1.29 is 9.59 Å². The summed E-state index contributed by atoms with van der Waals surface area (Å²) in [6, 6.07) is 1.91. The number of imide groups is 1. The zero-order valence-corrected chi connectivity index (χ0v) is 9.84. The summed E-state index contributed by atoms with van der Waals surface area (Å²) in [4.78, 5) is 22.5. The fourth-order valence-electron chi connectivity index (χ4n) is 1.77. The van der Waals surface area contributed by atoms with Crippen LogP contribution in [0.1, 0.15) is 31.4 Å². The second kappa shape index (κ2) is 4.76. The summed E-state index contributed by atoms with van der Waals surface area (Å²) >= 11 is 1.64. The average molecular weight is 238 g/mol. The van der Waals surface area contributed by atoms with E-state index in [2.05, 4.69) is 16.0 Å². The van der Waals surface area contributed by atoms with Gasteiger partial charge in [0, 0.05) is 12.5 Å². The van der Waals surface area contributed by atoms with E-state index in [1.807, 2.05) is 18.4 Å². The van der Waals surface area contributed by atoms with E-state index in [0.717, 1.165) is 0 Å². The minimum absolute atomic E-state index is 0.134. The van der Waals surface area contributed by atoms with E-state index in [0.29, 0.717) is 12.8 Å². The molecular weight excluding hydrogens is 224 g/mol. The maximum absolute atomic E-state index is 11.5. The molecule has 2 atom stereocenters. The first kappa shape index (κ1) is 11.3. The number of piperidine rings is 1. The van der Waals surface area contributed by atoms with Gasteiger partial charge < -0.3 is 0 Å². The summed E-state index contributed by atoms with van der Waals surface area (Å²) < 4.78 is 0. The highest BCUT2D eigenvalue weighted by atomic mass is 32.1. The number of carbonyl (C=O) groups excluding carboxylic acids is 2. The van der Waals surface area contributed by atoms with E-state index < -0.39 is 0 Å². The fourth-order valence-corrected chi connectivity index (χ4v) is 2.53. The molecule has 0 aliphatic carbocycles. The minimum atomic E-state index is -0.257. The van der Waals surface area contributed by atoms with Gasteiger partial charge >= 0.3 is 0 Å². The Bertz CT molecular complexity index is 389. The number of nitrogens with one attached hydrogen (secondary N) is 2. The highest BCUT2D eigenvalue weighted by Crippen LogP contribution is 2.17. The summed E-state index contributed by atoms with van der Waals surface area (Å²) in [6.45, 7) is 2.02. The van der Waals surface area contributed by atoms with Crippen LogP contribution in [0.2, 0.25) is 0 Å². The molecule has 0 radical (unpaired) electrons. The van der Waals surface area contributed by atoms with Gasteiger partial charge in [-0.15, -0.1) is 0 Å². The Labute approximate surface area is 98.0 Å². The third-order valence-electron chi connectivity index (χ3n) is 2.73. The van der Waals surface area contributed by atoms with Crippen molar-refractivity contribution in [1.29, 1.82) is 0 Å². The molecule has 2 rings (SSSR count). The van der Waals surface area contributed by atoms with Crippen molar-refractivity contribution in [3.05, 3.63) is 22.4 Å². The number of rotatable bonds is 3. The molecule has 0 spiro atoms. The van der Waals surface area contributed by atoms with Gasteiger partial charge in [0.1, 0.15) is 0 Å². The van der Waals surface area contributed by atoms with Crippen LogP contribution in [0.4, 0.5) is 0 Å². The Kier molecular flexibility index (Phi) is 3.36. The third-order valence-corrected chi connectivity index (χ3v) is 3.44. The highest BCUT2D eigenvalue weighted by molar-refractivity contribution is 7.07. The van der Waals surface area contributed by atoms with Gasteiger partial charge in [0.25, 0.3) is 0 Å². The molecule has 86 valence electrons. The number of hydrogen-bond donors (Lipinski definition) is 2. The summed E-state index contributed by atoms with van der Waals surface area (Å²) in [6.07, 6.45) is 0.999. The van der Waals surface area contributed by atoms with Crippen LogP contribution < -0.4 is 10.6 Å². The summed E-state index contributed by atoms with van der Waals surface area (Å²) in [5.41, 5.74) is 1.18. The van der Waals surface area contributed by atoms with E-state index in [1.54, 1.807) is 11.3 Å². The normalized spacial score (nSPS) is 22.9. The molecule has 0 saturated carbocycles. The third kappa shape index (κ3) is 2.48. The molecule has 4 nitrogen and oxygen atoms in total. The van der Waals surface area contributed by atoms with E-state index in [1.165, 1.54) is 5.56 Å². The predicted octanol–water partition coefficient (Wildman–Crippen LogP) is 1.20. The van der Waals surface area contributed by atoms with Crippen LogP contribution in [0.25, 0.3) is 0 Å². The second-order valence-corrected chi connectivity index (χ2v) is 4.73. The lowest BCUT2D eigenvalue weighted by Crippen LogP contribution is -2.51. The Morgan fingerprint density at radius 3 is 3.00 bits per heavy atom. The maximum atomic E-state index is 11.5. The van der Waals surface area contributed by atoms with Crippen molar-refractivity contribution in [3.63, 3.8) is 0 Å². The van der Waals surface area contributed by atoms with Gasteiger partial charge in [-0.2, -0.15) is 11.3 Å². The quantitative estimate of drug-likeness (QED) is 0.778. The van der Waals surface area contributed by atoms with Gasteiger partial charge in [-0.1, -0.05) is 0 Å². The zero-order chi connectivity index (χ0) is 11.5. The van der Waals surface area contributed by atoms with E-state index in [9.17, 15) is 9.59 Å². The number of hydrogen-bond acceptors (Lipinski definition) is 4. The van der Waals surface area contributed by atoms with E-state index in [4.69, 9.17) is 0 Å². The van der Waals surface area contributed by atoms with Crippen LogP contribution in [-0.4, -0.2) is 17.9 Å². The molecule has 2 amide bonds. The molecule has 16 heavy (non-hydrogen) atoms. The molecule has 0 bridgehead atoms. The first-order chi connectivity index (χ1) is 7.66. The van der Waals surface area contributed by atoms with Gasteiger partial charge in [0.2, 0.25) is 11.8 Å². The Balaban J connectivity index is 1.95. The molecule has 2 heterocycles. The van der Waals surface area contributed by atoms with Crippen molar-refractivity contribution in [3.8, 4) is 0 Å². The lowest BCUT2D eigenvalue weighted by Gasteiger charge is -2.25. The molecule has 1 fully saturated rings. The second-order valence-electron chi connectivity index (χ2n) is 3.95. The Morgan fingerprint density at radius 2 is 2.38 bits per heavy atom. The largest absolute Gasteiger partial charge is 0.299 e. The van der Waals surface area contributed by atoms with Gasteiger partial charge in [0.05, 0.1) is 6.04 Å². The first-order valence-electron chi connectivity index (χ1n) is 5.28. The molecule has 1 aromatic heterocycles. The molecule has 2 unspecified atom stereocenters. The van der Waals surface area contributed by atoms with Gasteiger partial charge in [-0.3, -0.25) is 20.2 Å². The van der Waals surface area contributed by atoms with E-state index in [-0.39, 0.29) is 23.9 Å². The molecular formula is C11H14N2O2S. The maximum Gasteiger partial charge on any atom is 0.243 e. The predicted molar refractivity (Wildman–Crippen MR) is 62.0 cm³/mol. The van der Waals surface area contributed by atoms with Crippen LogP contribution >= 0.6 is 11.3 Å². The van der Waals surface area contributed by atoms with Crippen molar-refractivity contribution >= 4 is 23.2 Å². The van der Waals surface area contributed by atoms with Crippen LogP contribution in [0.15, 0.2) is 16.8 Å². The molecule has 1 aliphatic heterocycles. The van der Waals surface area contributed by atoms with Crippen molar-refractivity contribution in [1.82, 2.24) is 10.6 Å². The minimum Gasteiger partial charge on any atom is -0.299 e. The molecule has 0 aromatic carbocycles. The summed E-state index contributed by atoms with van der Waals surface area (Å²) in [7, 11) is 0. The molecule has 1 aromatic rings. The first-order valence-corrected chi connectivity index (χ1v) is 6.23. The van der Waals surface area contributed by atoms with Crippen LogP contribution in [0.3, 0.4) is 0 Å². The van der Waals surface area contributed by atoms with E-state index >= 15 is 0 Å². The molecule has 1 aliphatic rings. The molecule has 1 saturated heterocycles. The van der Waals surface area contributed by atoms with Crippen molar-refractivity contribution in [2.45, 2.75) is 31.8 Å². The van der Waals surface area contributed by atoms with Crippen LogP contribution in [0, 0.1) is 0 Å². The average Bonchev–Trinajstić information content (AvgIpc) is 2.75. The van der Waals surface area contributed by atoms with Gasteiger partial charge in [0.15, 0.2) is 0 Å². The van der Waals surface area contributed by atoms with Gasteiger partial charge in [-0.05, 0) is 35.7 Å². The smallest absolute Gasteiger partial charge is 0.243 e. The number of amides is 2. The highest BCUT2D eigenvalue weighted by Gasteiger charge is 2.27. The van der Waals surface area contributed by atoms with Crippen LogP contribution in [0.5, 0.6) is 0 Å². The SMILES string of the molecule is CC(NC1CCC(=O)NC1=O)c1ccsc1. The molecule has 5 heteroatoms. The van der Waals surface area contributed by atoms with Crippen molar-refractivity contribution in [2.24, 2.45) is 0 Å². The van der Waals surface area contributed by atoms with Crippen molar-refractivity contribution in [2.75, 3.05) is 0 Å². The summed E-state index contributed by atoms with van der Waals surface area (Å²) in [5, 5.41) is 9.65. The molecule has 2 N–H and O–H groups in total. The fraction of sp³-hybridized carbons (Fsp3) is 0.455. The lowest BCUT2D eigenvalue weighted by atomic mass is 10.0. The number of carbonyl (C=O) groups is 2. The Morgan fingerprint density at radius 1 is 1.56 bits per heavy atom. The lowest BCUT2D eigenvalue weighted by molar-refractivity contribution is -0.134.